The highest BCUT2D eigenvalue weighted by Gasteiger charge is 2.21. The molecule has 0 saturated carbocycles. The second-order valence-corrected chi connectivity index (χ2v) is 5.60. The first-order valence-corrected chi connectivity index (χ1v) is 7.75. The van der Waals surface area contributed by atoms with E-state index in [0.29, 0.717) is 5.96 Å². The third-order valence-corrected chi connectivity index (χ3v) is 4.19. The number of nitrogens with one attached hydrogen (secondary N) is 1. The molecule has 1 aromatic heterocycles. The fourth-order valence-electron chi connectivity index (χ4n) is 3.06. The molecule has 4 nitrogen and oxygen atoms in total. The average molecular weight is 302 g/mol. The number of anilines is 1. The van der Waals surface area contributed by atoms with Gasteiger partial charge in [-0.15, -0.1) is 0 Å². The summed E-state index contributed by atoms with van der Waals surface area (Å²) in [7, 11) is 0. The van der Waals surface area contributed by atoms with Gasteiger partial charge in [-0.2, -0.15) is 0 Å². The van der Waals surface area contributed by atoms with Crippen molar-refractivity contribution in [1.29, 1.82) is 0 Å². The number of para-hydroxylation sites is 2. The zero-order valence-electron chi connectivity index (χ0n) is 12.7. The van der Waals surface area contributed by atoms with Gasteiger partial charge in [0.25, 0.3) is 0 Å². The molecule has 2 heterocycles. The molecule has 0 atom stereocenters. The van der Waals surface area contributed by atoms with Crippen molar-refractivity contribution in [3.05, 3.63) is 72.4 Å². The monoisotopic (exact) mass is 302 g/mol. The van der Waals surface area contributed by atoms with Gasteiger partial charge in [0.15, 0.2) is 0 Å². The van der Waals surface area contributed by atoms with E-state index in [2.05, 4.69) is 34.1 Å². The Kier molecular flexibility index (Phi) is 3.35. The molecule has 1 aliphatic heterocycles. The van der Waals surface area contributed by atoms with Crippen LogP contribution in [-0.4, -0.2) is 17.5 Å². The summed E-state index contributed by atoms with van der Waals surface area (Å²) in [6, 6.07) is 20.4. The maximum absolute atomic E-state index is 6.31. The van der Waals surface area contributed by atoms with E-state index in [1.165, 1.54) is 5.56 Å². The summed E-state index contributed by atoms with van der Waals surface area (Å²) in [5, 5.41) is 0. The third kappa shape index (κ3) is 2.48. The number of guanidine groups is 1. The van der Waals surface area contributed by atoms with Crippen LogP contribution < -0.4 is 10.6 Å². The molecular formula is C19H18N4. The molecule has 4 rings (SSSR count). The highest BCUT2D eigenvalue weighted by molar-refractivity contribution is 5.99. The molecule has 0 saturated heterocycles. The molecule has 0 bridgehead atoms. The van der Waals surface area contributed by atoms with Crippen molar-refractivity contribution < 1.29 is 0 Å². The van der Waals surface area contributed by atoms with Gasteiger partial charge in [0.2, 0.25) is 5.96 Å². The topological polar surface area (TPSA) is 57.4 Å². The summed E-state index contributed by atoms with van der Waals surface area (Å²) in [4.78, 5) is 10.0. The Morgan fingerprint density at radius 2 is 1.83 bits per heavy atom. The SMILES string of the molecule is NC(=Nc1ccccc1-c1ccc[nH]1)N1CCc2ccccc21. The van der Waals surface area contributed by atoms with Crippen LogP contribution in [0.1, 0.15) is 5.56 Å². The summed E-state index contributed by atoms with van der Waals surface area (Å²) < 4.78 is 0. The number of aliphatic imine (C=N–C) groups is 1. The quantitative estimate of drug-likeness (QED) is 0.560. The molecule has 4 heteroatoms. The number of aromatic amines is 1. The Labute approximate surface area is 135 Å². The molecule has 2 aromatic carbocycles. The van der Waals surface area contributed by atoms with Crippen LogP contribution in [-0.2, 0) is 6.42 Å². The summed E-state index contributed by atoms with van der Waals surface area (Å²) >= 11 is 0. The van der Waals surface area contributed by atoms with Gasteiger partial charge >= 0.3 is 0 Å². The summed E-state index contributed by atoms with van der Waals surface area (Å²) in [5.74, 6) is 0.536. The van der Waals surface area contributed by atoms with E-state index >= 15 is 0 Å². The molecular weight excluding hydrogens is 284 g/mol. The van der Waals surface area contributed by atoms with Crippen LogP contribution in [0.15, 0.2) is 71.9 Å². The van der Waals surface area contributed by atoms with Crippen molar-refractivity contribution in [3.8, 4) is 11.3 Å². The summed E-state index contributed by atoms with van der Waals surface area (Å²) in [6.07, 6.45) is 2.92. The summed E-state index contributed by atoms with van der Waals surface area (Å²) in [6.45, 7) is 0.874. The number of aromatic nitrogens is 1. The molecule has 1 aliphatic rings. The zero-order valence-corrected chi connectivity index (χ0v) is 12.7. The maximum Gasteiger partial charge on any atom is 0.201 e. The first kappa shape index (κ1) is 13.6. The molecule has 0 aliphatic carbocycles. The average Bonchev–Trinajstić information content (AvgIpc) is 3.25. The van der Waals surface area contributed by atoms with Crippen LogP contribution >= 0.6 is 0 Å². The predicted octanol–water partition coefficient (Wildman–Crippen LogP) is 3.69. The normalized spacial score (nSPS) is 14.1. The molecule has 3 aromatic rings. The first-order chi connectivity index (χ1) is 11.3. The fraction of sp³-hybridized carbons (Fsp3) is 0.105. The number of fused-ring (bicyclic) bond motifs is 1. The number of H-pyrrole nitrogens is 1. The van der Waals surface area contributed by atoms with Gasteiger partial charge in [0.1, 0.15) is 0 Å². The minimum Gasteiger partial charge on any atom is -0.369 e. The van der Waals surface area contributed by atoms with E-state index in [4.69, 9.17) is 10.7 Å². The zero-order chi connectivity index (χ0) is 15.6. The van der Waals surface area contributed by atoms with Crippen LogP contribution in [0.3, 0.4) is 0 Å². The number of nitrogens with zero attached hydrogens (tertiary/aromatic N) is 2. The Bertz CT molecular complexity index is 849. The van der Waals surface area contributed by atoms with Crippen LogP contribution in [0.5, 0.6) is 0 Å². The van der Waals surface area contributed by atoms with E-state index in [1.807, 2.05) is 42.6 Å². The summed E-state index contributed by atoms with van der Waals surface area (Å²) in [5.41, 5.74) is 11.8. The van der Waals surface area contributed by atoms with Gasteiger partial charge in [0.05, 0.1) is 5.69 Å². The minimum atomic E-state index is 0.536. The lowest BCUT2D eigenvalue weighted by molar-refractivity contribution is 1.01. The lowest BCUT2D eigenvalue weighted by Gasteiger charge is -2.18. The molecule has 0 spiro atoms. The van der Waals surface area contributed by atoms with Crippen molar-refractivity contribution in [2.75, 3.05) is 11.4 Å². The van der Waals surface area contributed by atoms with Crippen molar-refractivity contribution in [1.82, 2.24) is 4.98 Å². The van der Waals surface area contributed by atoms with Crippen LogP contribution in [0.2, 0.25) is 0 Å². The number of rotatable bonds is 2. The van der Waals surface area contributed by atoms with E-state index in [1.54, 1.807) is 0 Å². The van der Waals surface area contributed by atoms with Crippen molar-refractivity contribution in [2.24, 2.45) is 10.7 Å². The Balaban J connectivity index is 1.72. The van der Waals surface area contributed by atoms with Crippen LogP contribution in [0, 0.1) is 0 Å². The number of benzene rings is 2. The number of hydrogen-bond donors (Lipinski definition) is 2. The molecule has 23 heavy (non-hydrogen) atoms. The molecule has 0 unspecified atom stereocenters. The van der Waals surface area contributed by atoms with Gasteiger partial charge in [-0.1, -0.05) is 36.4 Å². The van der Waals surface area contributed by atoms with Crippen molar-refractivity contribution in [2.45, 2.75) is 6.42 Å². The van der Waals surface area contributed by atoms with Crippen LogP contribution in [0.25, 0.3) is 11.3 Å². The maximum atomic E-state index is 6.31. The number of hydrogen-bond acceptors (Lipinski definition) is 1. The van der Waals surface area contributed by atoms with Crippen molar-refractivity contribution in [3.63, 3.8) is 0 Å². The first-order valence-electron chi connectivity index (χ1n) is 7.75. The predicted molar refractivity (Wildman–Crippen MR) is 95.0 cm³/mol. The van der Waals surface area contributed by atoms with E-state index in [9.17, 15) is 0 Å². The van der Waals surface area contributed by atoms with Gasteiger partial charge in [0, 0.05) is 29.7 Å². The number of nitrogens with two attached hydrogens (primary N) is 1. The smallest absolute Gasteiger partial charge is 0.201 e. The lowest BCUT2D eigenvalue weighted by atomic mass is 10.1. The molecule has 3 N–H and O–H groups in total. The Hall–Kier alpha value is -3.01. The largest absolute Gasteiger partial charge is 0.369 e. The molecule has 0 radical (unpaired) electrons. The second-order valence-electron chi connectivity index (χ2n) is 5.60. The standard InChI is InChI=1S/C19H18N4/c20-19(23-13-11-14-6-1-4-10-18(14)23)22-17-8-3-2-7-15(17)16-9-5-12-21-16/h1-10,12,21H,11,13H2,(H2,20,22). The van der Waals surface area contributed by atoms with E-state index in [-0.39, 0.29) is 0 Å². The highest BCUT2D eigenvalue weighted by atomic mass is 15.3. The fourth-order valence-corrected chi connectivity index (χ4v) is 3.06. The molecule has 114 valence electrons. The lowest BCUT2D eigenvalue weighted by Crippen LogP contribution is -2.35. The Morgan fingerprint density at radius 3 is 2.70 bits per heavy atom. The van der Waals surface area contributed by atoms with Gasteiger partial charge in [-0.05, 0) is 36.2 Å². The molecule has 0 amide bonds. The van der Waals surface area contributed by atoms with Crippen molar-refractivity contribution >= 4 is 17.3 Å². The third-order valence-electron chi connectivity index (χ3n) is 4.19. The molecule has 0 fully saturated rings. The van der Waals surface area contributed by atoms with Gasteiger partial charge in [-0.3, -0.25) is 0 Å². The van der Waals surface area contributed by atoms with Gasteiger partial charge in [-0.25, -0.2) is 4.99 Å². The van der Waals surface area contributed by atoms with E-state index in [0.717, 1.165) is 35.6 Å². The van der Waals surface area contributed by atoms with E-state index < -0.39 is 0 Å². The Morgan fingerprint density at radius 1 is 1.00 bits per heavy atom. The van der Waals surface area contributed by atoms with Crippen LogP contribution in [0.4, 0.5) is 11.4 Å². The minimum absolute atomic E-state index is 0.536. The highest BCUT2D eigenvalue weighted by Crippen LogP contribution is 2.31. The second kappa shape index (κ2) is 5.65. The van der Waals surface area contributed by atoms with Gasteiger partial charge < -0.3 is 15.6 Å².